The van der Waals surface area contributed by atoms with Gasteiger partial charge in [0.05, 0.1) is 6.42 Å². The van der Waals surface area contributed by atoms with Gasteiger partial charge in [0.2, 0.25) is 11.8 Å². The van der Waals surface area contributed by atoms with Gasteiger partial charge in [-0.3, -0.25) is 19.7 Å². The summed E-state index contributed by atoms with van der Waals surface area (Å²) in [6, 6.07) is 12.0. The van der Waals surface area contributed by atoms with E-state index >= 15 is 0 Å². The molecule has 3 N–H and O–H groups in total. The van der Waals surface area contributed by atoms with Crippen molar-refractivity contribution in [2.75, 3.05) is 11.9 Å². The lowest BCUT2D eigenvalue weighted by atomic mass is 10.0. The van der Waals surface area contributed by atoms with Crippen molar-refractivity contribution >= 4 is 29.4 Å². The van der Waals surface area contributed by atoms with Gasteiger partial charge < -0.3 is 15.5 Å². The van der Waals surface area contributed by atoms with E-state index in [0.29, 0.717) is 5.69 Å². The fourth-order valence-electron chi connectivity index (χ4n) is 3.12. The summed E-state index contributed by atoms with van der Waals surface area (Å²) in [5, 5.41) is 7.06. The molecule has 0 aliphatic carbocycles. The highest BCUT2D eigenvalue weighted by Crippen LogP contribution is 2.16. The molecule has 0 bridgehead atoms. The summed E-state index contributed by atoms with van der Waals surface area (Å²) in [4.78, 5) is 49.8. The Morgan fingerprint density at radius 1 is 1.10 bits per heavy atom. The molecule has 5 amide bonds. The zero-order chi connectivity index (χ0) is 21.7. The molecule has 0 radical (unpaired) electrons. The number of imide groups is 1. The smallest absolute Gasteiger partial charge is 0.322 e. The highest BCUT2D eigenvalue weighted by molar-refractivity contribution is 6.06. The van der Waals surface area contributed by atoms with Crippen molar-refractivity contribution in [3.8, 4) is 0 Å². The molecule has 2 atom stereocenters. The van der Waals surface area contributed by atoms with Gasteiger partial charge in [0.25, 0.3) is 5.91 Å². The number of anilines is 1. The van der Waals surface area contributed by atoms with Gasteiger partial charge in [-0.25, -0.2) is 9.18 Å². The maximum absolute atomic E-state index is 13.2. The summed E-state index contributed by atoms with van der Waals surface area (Å²) in [6.45, 7) is 0. The molecule has 1 heterocycles. The lowest BCUT2D eigenvalue weighted by Gasteiger charge is -2.25. The minimum absolute atomic E-state index is 0.222. The lowest BCUT2D eigenvalue weighted by molar-refractivity contribution is -0.129. The van der Waals surface area contributed by atoms with Crippen LogP contribution in [0.4, 0.5) is 14.9 Å². The maximum Gasteiger partial charge on any atom is 0.322 e. The van der Waals surface area contributed by atoms with Crippen molar-refractivity contribution < 1.29 is 23.6 Å². The predicted molar refractivity (Wildman–Crippen MR) is 107 cm³/mol. The summed E-state index contributed by atoms with van der Waals surface area (Å²) in [5.74, 6) is -1.98. The Kier molecular flexibility index (Phi) is 6.41. The number of nitrogens with zero attached hydrogens (tertiary/aromatic N) is 1. The van der Waals surface area contributed by atoms with E-state index in [1.165, 1.54) is 36.2 Å². The molecule has 1 fully saturated rings. The quantitative estimate of drug-likeness (QED) is 0.592. The third-order valence-corrected chi connectivity index (χ3v) is 4.71. The number of likely N-dealkylation sites (N-methyl/N-ethyl adjacent to an activating group) is 1. The van der Waals surface area contributed by atoms with Gasteiger partial charge in [-0.2, -0.15) is 0 Å². The fraction of sp³-hybridized carbons (Fsp3) is 0.238. The number of rotatable bonds is 7. The van der Waals surface area contributed by atoms with Crippen LogP contribution < -0.4 is 20.9 Å². The number of hydrogen-bond acceptors (Lipinski definition) is 4. The second-order valence-electron chi connectivity index (χ2n) is 6.90. The van der Waals surface area contributed by atoms with Crippen LogP contribution in [-0.2, 0) is 20.8 Å². The Hall–Kier alpha value is -3.75. The molecule has 9 heteroatoms. The Morgan fingerprint density at radius 2 is 1.77 bits per heavy atom. The summed E-state index contributed by atoms with van der Waals surface area (Å²) in [6.07, 6.45) is -0.0728. The van der Waals surface area contributed by atoms with Gasteiger partial charge in [-0.1, -0.05) is 30.3 Å². The summed E-state index contributed by atoms with van der Waals surface area (Å²) >= 11 is 0. The number of benzene rings is 2. The van der Waals surface area contributed by atoms with E-state index in [4.69, 9.17) is 0 Å². The number of hydrogen-bond donors (Lipinski definition) is 3. The molecule has 2 aromatic rings. The van der Waals surface area contributed by atoms with E-state index in [0.717, 1.165) is 5.56 Å². The van der Waals surface area contributed by atoms with E-state index in [1.807, 2.05) is 30.3 Å². The molecule has 0 aromatic heterocycles. The molecule has 1 saturated heterocycles. The van der Waals surface area contributed by atoms with Gasteiger partial charge >= 0.3 is 6.03 Å². The molecule has 8 nitrogen and oxygen atoms in total. The molecule has 1 aliphatic rings. The van der Waals surface area contributed by atoms with Crippen molar-refractivity contribution in [3.05, 3.63) is 66.0 Å². The normalized spacial score (nSPS) is 16.4. The topological polar surface area (TPSA) is 108 Å². The largest absolute Gasteiger partial charge is 0.344 e. The van der Waals surface area contributed by atoms with Gasteiger partial charge in [-0.05, 0) is 29.8 Å². The van der Waals surface area contributed by atoms with Crippen LogP contribution in [0.5, 0.6) is 0 Å². The zero-order valence-corrected chi connectivity index (χ0v) is 16.2. The van der Waals surface area contributed by atoms with Crippen LogP contribution in [0.3, 0.4) is 0 Å². The van der Waals surface area contributed by atoms with Crippen LogP contribution in [0.15, 0.2) is 54.6 Å². The highest BCUT2D eigenvalue weighted by Gasteiger charge is 2.33. The molecule has 3 rings (SSSR count). The maximum atomic E-state index is 13.2. The molecule has 2 aromatic carbocycles. The molecule has 0 spiro atoms. The molecule has 0 saturated carbocycles. The summed E-state index contributed by atoms with van der Waals surface area (Å²) in [5.41, 5.74) is 1.30. The van der Waals surface area contributed by atoms with E-state index < -0.39 is 41.7 Å². The Balaban J connectivity index is 1.74. The van der Waals surface area contributed by atoms with Crippen molar-refractivity contribution in [2.24, 2.45) is 0 Å². The van der Waals surface area contributed by atoms with Gasteiger partial charge in [0, 0.05) is 19.2 Å². The van der Waals surface area contributed by atoms with E-state index in [9.17, 15) is 23.6 Å². The molecular formula is C21H21FN4O4. The molecule has 30 heavy (non-hydrogen) atoms. The average molecular weight is 412 g/mol. The fourth-order valence-corrected chi connectivity index (χ4v) is 3.12. The number of nitrogens with one attached hydrogen (secondary N) is 3. The molecule has 1 aliphatic heterocycles. The van der Waals surface area contributed by atoms with Gasteiger partial charge in [-0.15, -0.1) is 0 Å². The third-order valence-electron chi connectivity index (χ3n) is 4.71. The Bertz CT molecular complexity index is 949. The Morgan fingerprint density at radius 3 is 2.37 bits per heavy atom. The van der Waals surface area contributed by atoms with Crippen LogP contribution in [0.2, 0.25) is 0 Å². The first kappa shape index (κ1) is 21.0. The van der Waals surface area contributed by atoms with Crippen LogP contribution in [0, 0.1) is 5.82 Å². The van der Waals surface area contributed by atoms with Crippen molar-refractivity contribution in [2.45, 2.75) is 24.9 Å². The van der Waals surface area contributed by atoms with Crippen molar-refractivity contribution in [3.63, 3.8) is 0 Å². The van der Waals surface area contributed by atoms with Crippen LogP contribution in [0.25, 0.3) is 0 Å². The van der Waals surface area contributed by atoms with E-state index in [2.05, 4.69) is 16.0 Å². The second kappa shape index (κ2) is 9.17. The van der Waals surface area contributed by atoms with Crippen LogP contribution in [0.1, 0.15) is 12.0 Å². The number of halogens is 1. The van der Waals surface area contributed by atoms with Gasteiger partial charge in [0.1, 0.15) is 17.9 Å². The SMILES string of the molecule is CN(C(=O)[C@H](Cc1ccccc1)NC(=O)CC1NC(=O)NC1=O)c1ccc(F)cc1. The minimum Gasteiger partial charge on any atom is -0.344 e. The lowest BCUT2D eigenvalue weighted by Crippen LogP contribution is -2.50. The first-order valence-corrected chi connectivity index (χ1v) is 9.31. The van der Waals surface area contributed by atoms with Gasteiger partial charge in [0.15, 0.2) is 0 Å². The molecule has 156 valence electrons. The Labute approximate surface area is 172 Å². The zero-order valence-electron chi connectivity index (χ0n) is 16.2. The van der Waals surface area contributed by atoms with E-state index in [-0.39, 0.29) is 12.8 Å². The highest BCUT2D eigenvalue weighted by atomic mass is 19.1. The average Bonchev–Trinajstić information content (AvgIpc) is 3.04. The second-order valence-corrected chi connectivity index (χ2v) is 6.90. The third kappa shape index (κ3) is 5.19. The molecule has 1 unspecified atom stereocenters. The summed E-state index contributed by atoms with van der Waals surface area (Å²) in [7, 11) is 1.53. The number of urea groups is 1. The van der Waals surface area contributed by atoms with Crippen LogP contribution in [-0.4, -0.2) is 42.9 Å². The number of carbonyl (C=O) groups excluding carboxylic acids is 4. The first-order valence-electron chi connectivity index (χ1n) is 9.31. The number of carbonyl (C=O) groups is 4. The van der Waals surface area contributed by atoms with E-state index in [1.54, 1.807) is 0 Å². The van der Waals surface area contributed by atoms with Crippen molar-refractivity contribution in [1.82, 2.24) is 16.0 Å². The number of amides is 5. The van der Waals surface area contributed by atoms with Crippen LogP contribution >= 0.6 is 0 Å². The monoisotopic (exact) mass is 412 g/mol. The minimum atomic E-state index is -0.986. The first-order chi connectivity index (χ1) is 14.3. The summed E-state index contributed by atoms with van der Waals surface area (Å²) < 4.78 is 13.2. The predicted octanol–water partition coefficient (Wildman–Crippen LogP) is 1.11. The molecular weight excluding hydrogens is 391 g/mol. The standard InChI is InChI=1S/C21H21FN4O4/c1-26(15-9-7-14(22)8-10-15)20(29)17(11-13-5-3-2-4-6-13)23-18(27)12-16-19(28)25-21(30)24-16/h2-10,16-17H,11-12H2,1H3,(H,23,27)(H2,24,25,28,30)/t16?,17-/m0/s1. The van der Waals surface area contributed by atoms with Crippen molar-refractivity contribution in [1.29, 1.82) is 0 Å².